The molecule has 6 heteroatoms. The Morgan fingerprint density at radius 3 is 2.26 bits per heavy atom. The van der Waals surface area contributed by atoms with Crippen LogP contribution in [0.5, 0.6) is 0 Å². The molecule has 0 aliphatic rings. The molecule has 2 aromatic rings. The Kier molecular flexibility index (Phi) is 3.21. The summed E-state index contributed by atoms with van der Waals surface area (Å²) in [5.41, 5.74) is 0.492. The van der Waals surface area contributed by atoms with Gasteiger partial charge in [-0.2, -0.15) is 15.1 Å². The van der Waals surface area contributed by atoms with Crippen LogP contribution in [0.1, 0.15) is 41.5 Å². The largest absolute Gasteiger partial charge is 0.365 e. The molecule has 0 saturated heterocycles. The maximum absolute atomic E-state index is 6.03. The van der Waals surface area contributed by atoms with Gasteiger partial charge >= 0.3 is 0 Å². The molecule has 0 aliphatic carbocycles. The van der Waals surface area contributed by atoms with Crippen molar-refractivity contribution in [1.82, 2.24) is 19.7 Å². The van der Waals surface area contributed by atoms with Crippen LogP contribution in [0.15, 0.2) is 6.20 Å². The van der Waals surface area contributed by atoms with Gasteiger partial charge in [0.1, 0.15) is 5.82 Å². The van der Waals surface area contributed by atoms with Crippen LogP contribution in [-0.2, 0) is 5.54 Å². The lowest BCUT2D eigenvalue weighted by atomic mass is 10.1. The summed E-state index contributed by atoms with van der Waals surface area (Å²) in [6, 6.07) is 0. The van der Waals surface area contributed by atoms with Gasteiger partial charge in [0.2, 0.25) is 5.28 Å². The predicted octanol–water partition coefficient (Wildman–Crippen LogP) is 3.45. The van der Waals surface area contributed by atoms with Crippen LogP contribution in [0.25, 0.3) is 11.0 Å². The molecule has 0 saturated carbocycles. The Balaban J connectivity index is 2.65. The maximum Gasteiger partial charge on any atom is 0.226 e. The Labute approximate surface area is 118 Å². The van der Waals surface area contributed by atoms with Gasteiger partial charge in [0.25, 0.3) is 0 Å². The summed E-state index contributed by atoms with van der Waals surface area (Å²) in [6.07, 6.45) is 1.78. The summed E-state index contributed by atoms with van der Waals surface area (Å²) < 4.78 is 1.86. The Hall–Kier alpha value is -1.36. The van der Waals surface area contributed by atoms with Crippen molar-refractivity contribution in [2.45, 2.75) is 52.6 Å². The van der Waals surface area contributed by atoms with Crippen molar-refractivity contribution in [2.24, 2.45) is 0 Å². The molecule has 5 nitrogen and oxygen atoms in total. The Bertz CT molecular complexity index is 604. The van der Waals surface area contributed by atoms with Crippen molar-refractivity contribution in [3.05, 3.63) is 11.5 Å². The first kappa shape index (κ1) is 14.1. The van der Waals surface area contributed by atoms with E-state index >= 15 is 0 Å². The van der Waals surface area contributed by atoms with E-state index in [1.165, 1.54) is 0 Å². The fourth-order valence-corrected chi connectivity index (χ4v) is 1.99. The van der Waals surface area contributed by atoms with Gasteiger partial charge in [-0.1, -0.05) is 0 Å². The molecule has 0 atom stereocenters. The number of fused-ring (bicyclic) bond motifs is 1. The lowest BCUT2D eigenvalue weighted by Gasteiger charge is -2.22. The molecule has 0 amide bonds. The van der Waals surface area contributed by atoms with Crippen molar-refractivity contribution < 1.29 is 0 Å². The van der Waals surface area contributed by atoms with Crippen molar-refractivity contribution in [2.75, 3.05) is 5.32 Å². The number of hydrogen-bond donors (Lipinski definition) is 1. The van der Waals surface area contributed by atoms with Gasteiger partial charge in [0.05, 0.1) is 17.1 Å². The SMILES string of the molecule is CC(C)(C)Nc1nc(Cl)nc2c1cnn2C(C)(C)C. The van der Waals surface area contributed by atoms with E-state index in [0.717, 1.165) is 16.9 Å². The first-order chi connectivity index (χ1) is 8.58. The van der Waals surface area contributed by atoms with E-state index in [1.54, 1.807) is 6.20 Å². The molecule has 0 aromatic carbocycles. The highest BCUT2D eigenvalue weighted by Crippen LogP contribution is 2.27. The molecule has 0 radical (unpaired) electrons. The molecule has 1 N–H and O–H groups in total. The molecule has 104 valence electrons. The Morgan fingerprint density at radius 2 is 1.74 bits per heavy atom. The minimum atomic E-state index is -0.154. The quantitative estimate of drug-likeness (QED) is 0.814. The van der Waals surface area contributed by atoms with Crippen LogP contribution in [0.2, 0.25) is 5.28 Å². The minimum absolute atomic E-state index is 0.103. The van der Waals surface area contributed by atoms with Crippen molar-refractivity contribution in [1.29, 1.82) is 0 Å². The monoisotopic (exact) mass is 281 g/mol. The molecule has 0 aliphatic heterocycles. The van der Waals surface area contributed by atoms with Crippen molar-refractivity contribution in [3.8, 4) is 0 Å². The second-order valence-electron chi connectivity index (χ2n) is 6.68. The van der Waals surface area contributed by atoms with Gasteiger partial charge in [-0.05, 0) is 53.1 Å². The third-order valence-corrected chi connectivity index (χ3v) is 2.70. The molecular formula is C13H20ClN5. The van der Waals surface area contributed by atoms with Crippen LogP contribution >= 0.6 is 11.6 Å². The van der Waals surface area contributed by atoms with Crippen LogP contribution in [0.3, 0.4) is 0 Å². The third kappa shape index (κ3) is 2.97. The van der Waals surface area contributed by atoms with Gasteiger partial charge in [0, 0.05) is 5.54 Å². The van der Waals surface area contributed by atoms with Crippen LogP contribution in [-0.4, -0.2) is 25.3 Å². The average molecular weight is 282 g/mol. The van der Waals surface area contributed by atoms with E-state index in [0.29, 0.717) is 0 Å². The minimum Gasteiger partial charge on any atom is -0.365 e. The molecule has 0 spiro atoms. The summed E-state index contributed by atoms with van der Waals surface area (Å²) in [5.74, 6) is 0.720. The van der Waals surface area contributed by atoms with E-state index < -0.39 is 0 Å². The number of rotatable bonds is 1. The number of hydrogen-bond acceptors (Lipinski definition) is 4. The highest BCUT2D eigenvalue weighted by Gasteiger charge is 2.22. The van der Waals surface area contributed by atoms with Crippen LogP contribution < -0.4 is 5.32 Å². The Morgan fingerprint density at radius 1 is 1.11 bits per heavy atom. The second-order valence-corrected chi connectivity index (χ2v) is 7.02. The van der Waals surface area contributed by atoms with Crippen LogP contribution in [0, 0.1) is 0 Å². The van der Waals surface area contributed by atoms with Gasteiger partial charge in [-0.25, -0.2) is 4.68 Å². The molecule has 2 rings (SSSR count). The smallest absolute Gasteiger partial charge is 0.226 e. The zero-order valence-corrected chi connectivity index (χ0v) is 13.0. The lowest BCUT2D eigenvalue weighted by Crippen LogP contribution is -2.27. The van der Waals surface area contributed by atoms with Gasteiger partial charge in [0.15, 0.2) is 5.65 Å². The number of nitrogens with zero attached hydrogens (tertiary/aromatic N) is 4. The highest BCUT2D eigenvalue weighted by molar-refractivity contribution is 6.28. The molecule has 2 heterocycles. The van der Waals surface area contributed by atoms with E-state index in [9.17, 15) is 0 Å². The maximum atomic E-state index is 6.03. The van der Waals surface area contributed by atoms with Gasteiger partial charge < -0.3 is 5.32 Å². The first-order valence-corrected chi connectivity index (χ1v) is 6.66. The summed E-state index contributed by atoms with van der Waals surface area (Å²) >= 11 is 6.03. The summed E-state index contributed by atoms with van der Waals surface area (Å²) in [7, 11) is 0. The standard InChI is InChI=1S/C13H20ClN5/c1-12(2,3)18-9-8-7-15-19(13(4,5)6)10(8)17-11(14)16-9/h7H,1-6H3,(H,16,17,18). The summed E-state index contributed by atoms with van der Waals surface area (Å²) in [5, 5.41) is 8.87. The van der Waals surface area contributed by atoms with E-state index in [-0.39, 0.29) is 16.4 Å². The van der Waals surface area contributed by atoms with Crippen LogP contribution in [0.4, 0.5) is 5.82 Å². The number of anilines is 1. The number of nitrogens with one attached hydrogen (secondary N) is 1. The topological polar surface area (TPSA) is 55.6 Å². The van der Waals surface area contributed by atoms with E-state index in [4.69, 9.17) is 11.6 Å². The lowest BCUT2D eigenvalue weighted by molar-refractivity contribution is 0.366. The normalized spacial score (nSPS) is 13.0. The number of aromatic nitrogens is 4. The molecule has 19 heavy (non-hydrogen) atoms. The molecule has 2 aromatic heterocycles. The molecule has 0 fully saturated rings. The molecule has 0 unspecified atom stereocenters. The predicted molar refractivity (Wildman–Crippen MR) is 78.7 cm³/mol. The number of halogens is 1. The fraction of sp³-hybridized carbons (Fsp3) is 0.615. The molecular weight excluding hydrogens is 262 g/mol. The van der Waals surface area contributed by atoms with Crippen molar-refractivity contribution >= 4 is 28.5 Å². The third-order valence-electron chi connectivity index (χ3n) is 2.53. The summed E-state index contributed by atoms with van der Waals surface area (Å²) in [6.45, 7) is 12.4. The van der Waals surface area contributed by atoms with Gasteiger partial charge in [-0.15, -0.1) is 0 Å². The average Bonchev–Trinajstić information content (AvgIpc) is 2.57. The highest BCUT2D eigenvalue weighted by atomic mass is 35.5. The fourth-order valence-electron chi connectivity index (χ4n) is 1.82. The van der Waals surface area contributed by atoms with Crippen molar-refractivity contribution in [3.63, 3.8) is 0 Å². The van der Waals surface area contributed by atoms with E-state index in [2.05, 4.69) is 61.9 Å². The first-order valence-electron chi connectivity index (χ1n) is 6.28. The summed E-state index contributed by atoms with van der Waals surface area (Å²) in [4.78, 5) is 8.58. The van der Waals surface area contributed by atoms with E-state index in [1.807, 2.05) is 4.68 Å². The zero-order valence-electron chi connectivity index (χ0n) is 12.2. The molecule has 0 bridgehead atoms. The zero-order chi connectivity index (χ0) is 14.4. The van der Waals surface area contributed by atoms with Gasteiger partial charge in [-0.3, -0.25) is 0 Å². The second kappa shape index (κ2) is 4.34.